The third kappa shape index (κ3) is 4.28. The van der Waals surface area contributed by atoms with E-state index >= 15 is 0 Å². The van der Waals surface area contributed by atoms with Gasteiger partial charge in [0.25, 0.3) is 0 Å². The number of hydrogen-bond acceptors (Lipinski definition) is 4. The van der Waals surface area contributed by atoms with Crippen molar-refractivity contribution in [1.29, 1.82) is 0 Å². The summed E-state index contributed by atoms with van der Waals surface area (Å²) in [4.78, 5) is 16.1. The van der Waals surface area contributed by atoms with Crippen molar-refractivity contribution < 1.29 is 9.53 Å². The molecule has 0 aliphatic rings. The molecule has 0 aliphatic heterocycles. The highest BCUT2D eigenvalue weighted by molar-refractivity contribution is 6.28. The molecule has 0 radical (unpaired) electrons. The zero-order valence-electron chi connectivity index (χ0n) is 14.3. The number of halogens is 1. The lowest BCUT2D eigenvalue weighted by molar-refractivity contribution is 0.0523. The predicted molar refractivity (Wildman–Crippen MR) is 96.5 cm³/mol. The Morgan fingerprint density at radius 3 is 2.84 bits per heavy atom. The smallest absolute Gasteiger partial charge is 0.407 e. The van der Waals surface area contributed by atoms with Gasteiger partial charge in [-0.15, -0.1) is 5.10 Å². The molecule has 1 N–H and O–H groups in total. The Balaban J connectivity index is 1.82. The second-order valence-corrected chi connectivity index (χ2v) is 6.96. The fraction of sp³-hybridized carbons (Fsp3) is 0.278. The van der Waals surface area contributed by atoms with Gasteiger partial charge in [0.2, 0.25) is 5.28 Å². The Hall–Kier alpha value is -2.60. The van der Waals surface area contributed by atoms with Crippen LogP contribution in [-0.4, -0.2) is 26.3 Å². The van der Waals surface area contributed by atoms with Gasteiger partial charge in [-0.3, -0.25) is 0 Å². The zero-order chi connectivity index (χ0) is 18.0. The molecule has 0 atom stereocenters. The number of hydrogen-bond donors (Lipinski definition) is 1. The molecular weight excluding hydrogens is 340 g/mol. The molecular formula is C18H19ClN4O2. The van der Waals surface area contributed by atoms with Gasteiger partial charge in [0.1, 0.15) is 5.60 Å². The minimum atomic E-state index is -0.524. The van der Waals surface area contributed by atoms with Crippen LogP contribution in [0, 0.1) is 0 Å². The molecule has 7 heteroatoms. The van der Waals surface area contributed by atoms with Gasteiger partial charge in [-0.2, -0.15) is 0 Å². The monoisotopic (exact) mass is 358 g/mol. The van der Waals surface area contributed by atoms with Crippen LogP contribution in [0.2, 0.25) is 5.28 Å². The molecule has 0 unspecified atom stereocenters. The first-order valence-electron chi connectivity index (χ1n) is 7.89. The molecule has 3 rings (SSSR count). The number of carbonyl (C=O) groups excluding carboxylic acids is 1. The van der Waals surface area contributed by atoms with Gasteiger partial charge in [-0.05, 0) is 56.1 Å². The molecule has 130 valence electrons. The summed E-state index contributed by atoms with van der Waals surface area (Å²) in [6, 6.07) is 11.6. The molecule has 0 bridgehead atoms. The zero-order valence-corrected chi connectivity index (χ0v) is 15.0. The third-order valence-electron chi connectivity index (χ3n) is 3.40. The number of nitrogens with zero attached hydrogens (tertiary/aromatic N) is 3. The molecule has 0 aliphatic carbocycles. The number of rotatable bonds is 3. The molecule has 25 heavy (non-hydrogen) atoms. The number of fused-ring (bicyclic) bond motifs is 1. The van der Waals surface area contributed by atoms with Gasteiger partial charge in [-0.25, -0.2) is 14.3 Å². The Morgan fingerprint density at radius 2 is 2.08 bits per heavy atom. The first-order chi connectivity index (χ1) is 11.8. The number of nitrogens with one attached hydrogen (secondary N) is 1. The predicted octanol–water partition coefficient (Wildman–Crippen LogP) is 4.07. The quantitative estimate of drug-likeness (QED) is 0.766. The van der Waals surface area contributed by atoms with E-state index < -0.39 is 11.7 Å². The van der Waals surface area contributed by atoms with Crippen molar-refractivity contribution in [2.24, 2.45) is 0 Å². The van der Waals surface area contributed by atoms with Gasteiger partial charge in [-0.1, -0.05) is 18.2 Å². The van der Waals surface area contributed by atoms with E-state index in [-0.39, 0.29) is 5.28 Å². The molecule has 3 aromatic rings. The Kier molecular flexibility index (Phi) is 4.63. The van der Waals surface area contributed by atoms with Crippen molar-refractivity contribution in [3.8, 4) is 11.3 Å². The normalized spacial score (nSPS) is 11.5. The summed E-state index contributed by atoms with van der Waals surface area (Å²) in [6.07, 6.45) is 1.37. The largest absolute Gasteiger partial charge is 0.444 e. The van der Waals surface area contributed by atoms with Crippen LogP contribution in [0.15, 0.2) is 42.6 Å². The Labute approximate surface area is 150 Å². The average molecular weight is 359 g/mol. The lowest BCUT2D eigenvalue weighted by atomic mass is 10.1. The van der Waals surface area contributed by atoms with E-state index in [0.717, 1.165) is 22.3 Å². The standard InChI is InChI=1S/C18H19ClN4O2/c1-18(2,3)25-17(24)20-11-12-6-4-7-13(10-12)15-14-8-5-9-23(14)22-16(19)21-15/h4-10H,11H2,1-3H3,(H,20,24). The van der Waals surface area contributed by atoms with Crippen molar-refractivity contribution in [1.82, 2.24) is 19.9 Å². The van der Waals surface area contributed by atoms with Gasteiger partial charge >= 0.3 is 6.09 Å². The van der Waals surface area contributed by atoms with Crippen LogP contribution in [-0.2, 0) is 11.3 Å². The lowest BCUT2D eigenvalue weighted by Crippen LogP contribution is -2.32. The Bertz CT molecular complexity index is 915. The summed E-state index contributed by atoms with van der Waals surface area (Å²) >= 11 is 6.02. The number of aromatic nitrogens is 3. The van der Waals surface area contributed by atoms with E-state index in [9.17, 15) is 4.79 Å². The van der Waals surface area contributed by atoms with Crippen molar-refractivity contribution in [3.05, 3.63) is 53.4 Å². The SMILES string of the molecule is CC(C)(C)OC(=O)NCc1cccc(-c2nc(Cl)nn3cccc23)c1. The lowest BCUT2D eigenvalue weighted by Gasteiger charge is -2.19. The Morgan fingerprint density at radius 1 is 1.28 bits per heavy atom. The van der Waals surface area contributed by atoms with E-state index in [1.807, 2.05) is 63.4 Å². The van der Waals surface area contributed by atoms with Crippen LogP contribution in [0.3, 0.4) is 0 Å². The van der Waals surface area contributed by atoms with E-state index in [2.05, 4.69) is 15.4 Å². The van der Waals surface area contributed by atoms with Crippen LogP contribution in [0.1, 0.15) is 26.3 Å². The molecule has 0 saturated heterocycles. The molecule has 2 heterocycles. The summed E-state index contributed by atoms with van der Waals surface area (Å²) in [5, 5.41) is 7.06. The highest BCUT2D eigenvalue weighted by atomic mass is 35.5. The van der Waals surface area contributed by atoms with Gasteiger partial charge < -0.3 is 10.1 Å². The van der Waals surface area contributed by atoms with Gasteiger partial charge in [0.05, 0.1) is 11.2 Å². The first-order valence-corrected chi connectivity index (χ1v) is 8.27. The average Bonchev–Trinajstić information content (AvgIpc) is 2.99. The minimum Gasteiger partial charge on any atom is -0.444 e. The number of carbonyl (C=O) groups is 1. The third-order valence-corrected chi connectivity index (χ3v) is 3.56. The van der Waals surface area contributed by atoms with Crippen LogP contribution in [0.25, 0.3) is 16.8 Å². The maximum absolute atomic E-state index is 11.8. The topological polar surface area (TPSA) is 68.5 Å². The number of alkyl carbamates (subject to hydrolysis) is 1. The summed E-state index contributed by atoms with van der Waals surface area (Å²) < 4.78 is 6.94. The molecule has 0 fully saturated rings. The number of benzene rings is 1. The maximum atomic E-state index is 11.8. The van der Waals surface area contributed by atoms with Crippen LogP contribution >= 0.6 is 11.6 Å². The van der Waals surface area contributed by atoms with E-state index in [1.165, 1.54) is 0 Å². The van der Waals surface area contributed by atoms with Crippen molar-refractivity contribution in [2.75, 3.05) is 0 Å². The first kappa shape index (κ1) is 17.2. The van der Waals surface area contributed by atoms with E-state index in [1.54, 1.807) is 4.52 Å². The highest BCUT2D eigenvalue weighted by Crippen LogP contribution is 2.24. The fourth-order valence-corrected chi connectivity index (χ4v) is 2.60. The van der Waals surface area contributed by atoms with Gasteiger partial charge in [0, 0.05) is 18.3 Å². The molecule has 0 saturated carbocycles. The molecule has 0 spiro atoms. The second kappa shape index (κ2) is 6.72. The van der Waals surface area contributed by atoms with Crippen LogP contribution in [0.4, 0.5) is 4.79 Å². The summed E-state index contributed by atoms with van der Waals surface area (Å²) in [6.45, 7) is 5.84. The molecule has 6 nitrogen and oxygen atoms in total. The number of amides is 1. The molecule has 2 aromatic heterocycles. The van der Waals surface area contributed by atoms with E-state index in [4.69, 9.17) is 16.3 Å². The van der Waals surface area contributed by atoms with Crippen LogP contribution < -0.4 is 5.32 Å². The van der Waals surface area contributed by atoms with Crippen molar-refractivity contribution in [2.45, 2.75) is 32.9 Å². The fourth-order valence-electron chi connectivity index (χ4n) is 2.44. The molecule has 1 aromatic carbocycles. The van der Waals surface area contributed by atoms with Crippen LogP contribution in [0.5, 0.6) is 0 Å². The molecule has 1 amide bonds. The summed E-state index contributed by atoms with van der Waals surface area (Å²) in [7, 11) is 0. The number of ether oxygens (including phenoxy) is 1. The van der Waals surface area contributed by atoms with Gasteiger partial charge in [0.15, 0.2) is 0 Å². The summed E-state index contributed by atoms with van der Waals surface area (Å²) in [5.41, 5.74) is 2.91. The van der Waals surface area contributed by atoms with E-state index in [0.29, 0.717) is 6.54 Å². The maximum Gasteiger partial charge on any atom is 0.407 e. The summed E-state index contributed by atoms with van der Waals surface area (Å²) in [5.74, 6) is 0. The highest BCUT2D eigenvalue weighted by Gasteiger charge is 2.16. The van der Waals surface area contributed by atoms with Crippen molar-refractivity contribution in [3.63, 3.8) is 0 Å². The second-order valence-electron chi connectivity index (χ2n) is 6.62. The minimum absolute atomic E-state index is 0.177. The van der Waals surface area contributed by atoms with Crippen molar-refractivity contribution >= 4 is 23.2 Å².